The second kappa shape index (κ2) is 7.42. The number of unbranched alkanes of at least 4 members (excludes halogenated alkanes) is 1. The highest BCUT2D eigenvalue weighted by molar-refractivity contribution is 6.05. The lowest BCUT2D eigenvalue weighted by Crippen LogP contribution is -2.29. The summed E-state index contributed by atoms with van der Waals surface area (Å²) in [5, 5.41) is 9.54. The fraction of sp³-hybridized carbons (Fsp3) is 0.368. The highest BCUT2D eigenvalue weighted by Crippen LogP contribution is 2.15. The van der Waals surface area contributed by atoms with Gasteiger partial charge >= 0.3 is 0 Å². The first-order valence-electron chi connectivity index (χ1n) is 8.64. The van der Waals surface area contributed by atoms with Gasteiger partial charge in [0.05, 0.1) is 11.1 Å². The van der Waals surface area contributed by atoms with E-state index in [-0.39, 0.29) is 11.3 Å². The summed E-state index contributed by atoms with van der Waals surface area (Å²) in [6.07, 6.45) is 5.56. The molecule has 0 unspecified atom stereocenters. The molecular weight excluding hydrogens is 316 g/mol. The zero-order valence-electron chi connectivity index (χ0n) is 14.6. The molecule has 0 saturated heterocycles. The molecule has 0 atom stereocenters. The molecule has 0 bridgehead atoms. The Bertz CT molecular complexity index is 925. The highest BCUT2D eigenvalue weighted by atomic mass is 16.2. The number of benzene rings is 1. The van der Waals surface area contributed by atoms with Crippen LogP contribution in [0.25, 0.3) is 10.8 Å². The minimum absolute atomic E-state index is 0.165. The second-order valence-corrected chi connectivity index (χ2v) is 6.31. The van der Waals surface area contributed by atoms with E-state index in [2.05, 4.69) is 15.6 Å². The maximum absolute atomic E-state index is 12.6. The van der Waals surface area contributed by atoms with Crippen molar-refractivity contribution >= 4 is 22.4 Å². The summed E-state index contributed by atoms with van der Waals surface area (Å²) in [7, 11) is 0. The smallest absolute Gasteiger partial charge is 0.267 e. The lowest BCUT2D eigenvalue weighted by atomic mass is 10.1. The summed E-state index contributed by atoms with van der Waals surface area (Å²) in [5.41, 5.74) is 4.76. The molecule has 25 heavy (non-hydrogen) atoms. The van der Waals surface area contributed by atoms with Crippen molar-refractivity contribution in [2.45, 2.75) is 46.1 Å². The Morgan fingerprint density at radius 1 is 1.28 bits per heavy atom. The summed E-state index contributed by atoms with van der Waals surface area (Å²) in [6.45, 7) is 4.59. The largest absolute Gasteiger partial charge is 0.292 e. The van der Waals surface area contributed by atoms with Crippen LogP contribution in [0.1, 0.15) is 50.0 Å². The number of allylic oxidation sites excluding steroid dienone is 2. The van der Waals surface area contributed by atoms with Crippen LogP contribution < -0.4 is 11.0 Å². The van der Waals surface area contributed by atoms with Gasteiger partial charge in [-0.05, 0) is 38.3 Å². The Morgan fingerprint density at radius 2 is 2.04 bits per heavy atom. The Morgan fingerprint density at radius 3 is 2.72 bits per heavy atom. The van der Waals surface area contributed by atoms with Crippen molar-refractivity contribution in [1.82, 2.24) is 15.2 Å². The first kappa shape index (κ1) is 17.1. The van der Waals surface area contributed by atoms with Crippen LogP contribution in [-0.4, -0.2) is 21.4 Å². The van der Waals surface area contributed by atoms with Gasteiger partial charge in [0.15, 0.2) is 5.69 Å². The quantitative estimate of drug-likeness (QED) is 0.851. The van der Waals surface area contributed by atoms with E-state index >= 15 is 0 Å². The first-order chi connectivity index (χ1) is 12.1. The number of carbonyl (C=O) groups excluding carboxylic acids is 1. The van der Waals surface area contributed by atoms with Crippen molar-refractivity contribution in [3.63, 3.8) is 0 Å². The summed E-state index contributed by atoms with van der Waals surface area (Å²) in [6, 6.07) is 7.07. The average Bonchev–Trinajstić information content (AvgIpc) is 3.04. The molecule has 130 valence electrons. The van der Waals surface area contributed by atoms with Crippen molar-refractivity contribution < 1.29 is 4.79 Å². The molecule has 0 aliphatic heterocycles. The van der Waals surface area contributed by atoms with Crippen LogP contribution in [-0.2, 0) is 6.54 Å². The van der Waals surface area contributed by atoms with Crippen LogP contribution >= 0.6 is 0 Å². The van der Waals surface area contributed by atoms with Gasteiger partial charge in [-0.3, -0.25) is 9.59 Å². The molecule has 1 N–H and O–H groups in total. The number of nitrogens with one attached hydrogen (secondary N) is 1. The molecule has 0 saturated carbocycles. The van der Waals surface area contributed by atoms with Crippen LogP contribution in [0.4, 0.5) is 0 Å². The molecule has 1 aromatic carbocycles. The topological polar surface area (TPSA) is 76.3 Å². The van der Waals surface area contributed by atoms with Crippen molar-refractivity contribution in [2.24, 2.45) is 5.10 Å². The third-order valence-electron chi connectivity index (χ3n) is 4.30. The number of hydrogen-bond acceptors (Lipinski definition) is 4. The molecule has 1 aromatic heterocycles. The summed E-state index contributed by atoms with van der Waals surface area (Å²) in [5.74, 6) is -0.396. The van der Waals surface area contributed by atoms with E-state index in [1.807, 2.05) is 19.9 Å². The van der Waals surface area contributed by atoms with Crippen molar-refractivity contribution in [1.29, 1.82) is 0 Å². The Balaban J connectivity index is 1.98. The van der Waals surface area contributed by atoms with Gasteiger partial charge in [-0.25, -0.2) is 10.1 Å². The minimum atomic E-state index is -0.396. The van der Waals surface area contributed by atoms with Crippen molar-refractivity contribution in [3.8, 4) is 0 Å². The lowest BCUT2D eigenvalue weighted by molar-refractivity contribution is 0.0949. The number of aryl methyl sites for hydroxylation is 1. The molecular formula is C19H22N4O2. The number of carbonyl (C=O) groups is 1. The lowest BCUT2D eigenvalue weighted by Gasteiger charge is -2.09. The van der Waals surface area contributed by atoms with Gasteiger partial charge in [0, 0.05) is 11.9 Å². The van der Waals surface area contributed by atoms with Crippen LogP contribution in [0.2, 0.25) is 0 Å². The van der Waals surface area contributed by atoms with E-state index in [4.69, 9.17) is 0 Å². The van der Waals surface area contributed by atoms with E-state index in [1.165, 1.54) is 10.3 Å². The summed E-state index contributed by atoms with van der Waals surface area (Å²) in [4.78, 5) is 25.2. The van der Waals surface area contributed by atoms with Crippen LogP contribution in [0, 0.1) is 0 Å². The Kier molecular flexibility index (Phi) is 5.07. The number of rotatable bonds is 5. The fourth-order valence-electron chi connectivity index (χ4n) is 2.88. The molecule has 6 nitrogen and oxygen atoms in total. The predicted octanol–water partition coefficient (Wildman–Crippen LogP) is 3.02. The molecule has 0 spiro atoms. The molecule has 0 fully saturated rings. The zero-order valence-corrected chi connectivity index (χ0v) is 14.6. The Hall–Kier alpha value is -2.76. The van der Waals surface area contributed by atoms with Gasteiger partial charge in [0.1, 0.15) is 0 Å². The normalized spacial score (nSPS) is 15.6. The first-order valence-corrected chi connectivity index (χ1v) is 8.64. The Labute approximate surface area is 146 Å². The van der Waals surface area contributed by atoms with Crippen LogP contribution in [0.3, 0.4) is 0 Å². The van der Waals surface area contributed by atoms with Gasteiger partial charge in [-0.15, -0.1) is 0 Å². The number of amides is 1. The van der Waals surface area contributed by atoms with E-state index in [9.17, 15) is 9.59 Å². The molecule has 6 heteroatoms. The SMILES string of the molecule is CCCCn1nc(C(=O)N/N=C2/C=C(C)CC2)c2ccccc2c1=O. The minimum Gasteiger partial charge on any atom is -0.267 e. The van der Waals surface area contributed by atoms with Gasteiger partial charge in [-0.2, -0.15) is 10.2 Å². The fourth-order valence-corrected chi connectivity index (χ4v) is 2.88. The number of nitrogens with zero attached hydrogens (tertiary/aromatic N) is 3. The van der Waals surface area contributed by atoms with E-state index in [0.717, 1.165) is 31.4 Å². The molecule has 1 aliphatic rings. The standard InChI is InChI=1S/C19H22N4O2/c1-3-4-11-23-19(25)16-8-6-5-7-15(16)17(22-23)18(24)21-20-14-10-9-13(2)12-14/h5-8,12H,3-4,9-11H2,1-2H3,(H,21,24)/b20-14+. The maximum atomic E-state index is 12.6. The molecule has 1 amide bonds. The second-order valence-electron chi connectivity index (χ2n) is 6.31. The van der Waals surface area contributed by atoms with Gasteiger partial charge in [0.2, 0.25) is 0 Å². The van der Waals surface area contributed by atoms with E-state index < -0.39 is 5.91 Å². The highest BCUT2D eigenvalue weighted by Gasteiger charge is 2.16. The average molecular weight is 338 g/mol. The number of fused-ring (bicyclic) bond motifs is 1. The molecule has 3 rings (SSSR count). The summed E-state index contributed by atoms with van der Waals surface area (Å²) >= 11 is 0. The molecule has 2 aromatic rings. The van der Waals surface area contributed by atoms with Crippen molar-refractivity contribution in [3.05, 3.63) is 52.0 Å². The van der Waals surface area contributed by atoms with E-state index in [0.29, 0.717) is 17.3 Å². The summed E-state index contributed by atoms with van der Waals surface area (Å²) < 4.78 is 1.38. The zero-order chi connectivity index (χ0) is 17.8. The van der Waals surface area contributed by atoms with Gasteiger partial charge in [0.25, 0.3) is 11.5 Å². The van der Waals surface area contributed by atoms with Gasteiger partial charge in [-0.1, -0.05) is 37.1 Å². The van der Waals surface area contributed by atoms with Gasteiger partial charge < -0.3 is 0 Å². The van der Waals surface area contributed by atoms with Crippen molar-refractivity contribution in [2.75, 3.05) is 0 Å². The molecule has 0 radical (unpaired) electrons. The van der Waals surface area contributed by atoms with Crippen LogP contribution in [0.5, 0.6) is 0 Å². The maximum Gasteiger partial charge on any atom is 0.292 e. The van der Waals surface area contributed by atoms with Crippen LogP contribution in [0.15, 0.2) is 45.8 Å². The number of hydrazone groups is 1. The molecule has 1 heterocycles. The predicted molar refractivity (Wildman–Crippen MR) is 98.8 cm³/mol. The number of aromatic nitrogens is 2. The number of hydrogen-bond donors (Lipinski definition) is 1. The monoisotopic (exact) mass is 338 g/mol. The molecule has 1 aliphatic carbocycles. The third-order valence-corrected chi connectivity index (χ3v) is 4.30. The van der Waals surface area contributed by atoms with E-state index in [1.54, 1.807) is 24.3 Å². The third kappa shape index (κ3) is 3.68.